The quantitative estimate of drug-likeness (QED) is 0.819. The van der Waals surface area contributed by atoms with Crippen molar-refractivity contribution in [2.45, 2.75) is 51.5 Å². The van der Waals surface area contributed by atoms with E-state index < -0.39 is 5.97 Å². The molecule has 0 atom stereocenters. The molecule has 0 unspecified atom stereocenters. The molecule has 1 fully saturated rings. The highest BCUT2D eigenvalue weighted by Crippen LogP contribution is 2.31. The lowest BCUT2D eigenvalue weighted by atomic mass is 9.83. The first kappa shape index (κ1) is 15.2. The third-order valence-corrected chi connectivity index (χ3v) is 4.43. The van der Waals surface area contributed by atoms with Crippen LogP contribution >= 0.6 is 11.6 Å². The highest BCUT2D eigenvalue weighted by Gasteiger charge is 2.21. The average Bonchev–Trinajstić information content (AvgIpc) is 2.43. The van der Waals surface area contributed by atoms with Crippen LogP contribution < -0.4 is 5.32 Å². The number of hydrogen-bond acceptors (Lipinski definition) is 2. The Kier molecular flexibility index (Phi) is 5.30. The summed E-state index contributed by atoms with van der Waals surface area (Å²) in [6.07, 6.45) is 7.49. The van der Waals surface area contributed by atoms with Gasteiger partial charge >= 0.3 is 5.97 Å². The fourth-order valence-electron chi connectivity index (χ4n) is 2.99. The lowest BCUT2D eigenvalue weighted by molar-refractivity contribution is 0.0697. The number of rotatable bonds is 5. The van der Waals surface area contributed by atoms with Crippen LogP contribution in [0.25, 0.3) is 0 Å². The number of carbonyl (C=O) groups is 1. The molecule has 0 amide bonds. The van der Waals surface area contributed by atoms with Crippen LogP contribution in [0.3, 0.4) is 0 Å². The van der Waals surface area contributed by atoms with Crippen LogP contribution in [-0.4, -0.2) is 17.1 Å². The van der Waals surface area contributed by atoms with E-state index in [2.05, 4.69) is 12.2 Å². The van der Waals surface area contributed by atoms with E-state index in [1.54, 1.807) is 12.1 Å². The van der Waals surface area contributed by atoms with Gasteiger partial charge in [-0.25, -0.2) is 4.79 Å². The Bertz CT molecular complexity index is 468. The third-order valence-electron chi connectivity index (χ3n) is 4.12. The zero-order valence-corrected chi connectivity index (χ0v) is 12.6. The SMILES string of the molecule is CCCC1CCC(Nc2ccc(C(=O)O)cc2Cl)CC1. The Morgan fingerprint density at radius 2 is 2.05 bits per heavy atom. The summed E-state index contributed by atoms with van der Waals surface area (Å²) < 4.78 is 0. The van der Waals surface area contributed by atoms with Crippen LogP contribution in [0.15, 0.2) is 18.2 Å². The summed E-state index contributed by atoms with van der Waals surface area (Å²) in [6, 6.07) is 5.33. The molecule has 0 radical (unpaired) electrons. The molecule has 0 heterocycles. The fraction of sp³-hybridized carbons (Fsp3) is 0.562. The first-order chi connectivity index (χ1) is 9.60. The van der Waals surface area contributed by atoms with Gasteiger partial charge in [-0.1, -0.05) is 31.4 Å². The molecule has 0 aromatic heterocycles. The highest BCUT2D eigenvalue weighted by molar-refractivity contribution is 6.33. The molecule has 1 saturated carbocycles. The van der Waals surface area contributed by atoms with Crippen molar-refractivity contribution >= 4 is 23.3 Å². The van der Waals surface area contributed by atoms with Crippen molar-refractivity contribution in [3.8, 4) is 0 Å². The van der Waals surface area contributed by atoms with Gasteiger partial charge in [-0.15, -0.1) is 0 Å². The van der Waals surface area contributed by atoms with Gasteiger partial charge in [0.15, 0.2) is 0 Å². The molecule has 0 saturated heterocycles. The van der Waals surface area contributed by atoms with Crippen LogP contribution in [0, 0.1) is 5.92 Å². The van der Waals surface area contributed by atoms with Gasteiger partial charge in [0, 0.05) is 6.04 Å². The van der Waals surface area contributed by atoms with Crippen molar-refractivity contribution in [3.05, 3.63) is 28.8 Å². The van der Waals surface area contributed by atoms with Gasteiger partial charge in [0.1, 0.15) is 0 Å². The lowest BCUT2D eigenvalue weighted by Gasteiger charge is -2.30. The molecule has 3 nitrogen and oxygen atoms in total. The third kappa shape index (κ3) is 3.89. The first-order valence-electron chi connectivity index (χ1n) is 7.39. The van der Waals surface area contributed by atoms with E-state index in [1.807, 2.05) is 0 Å². The standard InChI is InChI=1S/C16H22ClNO2/c1-2-3-11-4-7-13(8-5-11)18-15-9-6-12(16(19)20)10-14(15)17/h6,9-11,13,18H,2-5,7-8H2,1H3,(H,19,20). The molecule has 1 aliphatic carbocycles. The molecule has 2 N–H and O–H groups in total. The number of halogens is 1. The second kappa shape index (κ2) is 6.98. The van der Waals surface area contributed by atoms with Crippen molar-refractivity contribution in [1.82, 2.24) is 0 Å². The van der Waals surface area contributed by atoms with Gasteiger partial charge in [0.25, 0.3) is 0 Å². The van der Waals surface area contributed by atoms with Gasteiger partial charge in [0.05, 0.1) is 16.3 Å². The second-order valence-electron chi connectivity index (χ2n) is 5.65. The summed E-state index contributed by atoms with van der Waals surface area (Å²) in [5.41, 5.74) is 1.07. The van der Waals surface area contributed by atoms with E-state index in [0.717, 1.165) is 11.6 Å². The largest absolute Gasteiger partial charge is 0.478 e. The van der Waals surface area contributed by atoms with E-state index in [1.165, 1.54) is 44.6 Å². The summed E-state index contributed by atoms with van der Waals surface area (Å²) in [5, 5.41) is 12.9. The number of benzene rings is 1. The van der Waals surface area contributed by atoms with E-state index in [9.17, 15) is 4.79 Å². The minimum atomic E-state index is -0.946. The number of anilines is 1. The molecule has 4 heteroatoms. The average molecular weight is 296 g/mol. The maximum atomic E-state index is 10.9. The van der Waals surface area contributed by atoms with E-state index in [4.69, 9.17) is 16.7 Å². The summed E-state index contributed by atoms with van der Waals surface area (Å²) in [4.78, 5) is 10.9. The fourth-order valence-corrected chi connectivity index (χ4v) is 3.22. The van der Waals surface area contributed by atoms with Crippen LogP contribution in [0.1, 0.15) is 55.8 Å². The van der Waals surface area contributed by atoms with Crippen LogP contribution in [0.5, 0.6) is 0 Å². The molecule has 0 aliphatic heterocycles. The zero-order valence-electron chi connectivity index (χ0n) is 11.9. The molecule has 1 aromatic carbocycles. The maximum absolute atomic E-state index is 10.9. The van der Waals surface area contributed by atoms with Gasteiger partial charge in [-0.3, -0.25) is 0 Å². The first-order valence-corrected chi connectivity index (χ1v) is 7.77. The molecule has 110 valence electrons. The van der Waals surface area contributed by atoms with Gasteiger partial charge in [-0.2, -0.15) is 0 Å². The van der Waals surface area contributed by atoms with Crippen molar-refractivity contribution in [1.29, 1.82) is 0 Å². The lowest BCUT2D eigenvalue weighted by Crippen LogP contribution is -2.26. The van der Waals surface area contributed by atoms with Crippen LogP contribution in [-0.2, 0) is 0 Å². The van der Waals surface area contributed by atoms with Crippen LogP contribution in [0.2, 0.25) is 5.02 Å². The van der Waals surface area contributed by atoms with E-state index in [0.29, 0.717) is 11.1 Å². The predicted octanol–water partition coefficient (Wildman–Crippen LogP) is 4.81. The number of aromatic carboxylic acids is 1. The van der Waals surface area contributed by atoms with Crippen molar-refractivity contribution in [2.75, 3.05) is 5.32 Å². The number of nitrogens with one attached hydrogen (secondary N) is 1. The van der Waals surface area contributed by atoms with Crippen molar-refractivity contribution in [2.24, 2.45) is 5.92 Å². The second-order valence-corrected chi connectivity index (χ2v) is 6.06. The monoisotopic (exact) mass is 295 g/mol. The van der Waals surface area contributed by atoms with Gasteiger partial charge in [0.2, 0.25) is 0 Å². The molecule has 0 bridgehead atoms. The van der Waals surface area contributed by atoms with Gasteiger partial charge < -0.3 is 10.4 Å². The summed E-state index contributed by atoms with van der Waals surface area (Å²) in [6.45, 7) is 2.24. The maximum Gasteiger partial charge on any atom is 0.335 e. The minimum absolute atomic E-state index is 0.229. The predicted molar refractivity (Wildman–Crippen MR) is 82.7 cm³/mol. The summed E-state index contributed by atoms with van der Waals surface area (Å²) in [7, 11) is 0. The summed E-state index contributed by atoms with van der Waals surface area (Å²) in [5.74, 6) is -0.0681. The van der Waals surface area contributed by atoms with E-state index in [-0.39, 0.29) is 5.56 Å². The Labute approximate surface area is 125 Å². The minimum Gasteiger partial charge on any atom is -0.478 e. The van der Waals surface area contributed by atoms with Crippen molar-refractivity contribution in [3.63, 3.8) is 0 Å². The summed E-state index contributed by atoms with van der Waals surface area (Å²) >= 11 is 6.15. The molecule has 0 spiro atoms. The van der Waals surface area contributed by atoms with Crippen molar-refractivity contribution < 1.29 is 9.90 Å². The number of hydrogen-bond donors (Lipinski definition) is 2. The topological polar surface area (TPSA) is 49.3 Å². The zero-order chi connectivity index (χ0) is 14.5. The Morgan fingerprint density at radius 1 is 1.35 bits per heavy atom. The van der Waals surface area contributed by atoms with E-state index >= 15 is 0 Å². The normalized spacial score (nSPS) is 22.5. The van der Waals surface area contributed by atoms with Gasteiger partial charge in [-0.05, 0) is 49.8 Å². The Morgan fingerprint density at radius 3 is 2.60 bits per heavy atom. The smallest absolute Gasteiger partial charge is 0.335 e. The molecular formula is C16H22ClNO2. The Hall–Kier alpha value is -1.22. The number of carboxylic acid groups (broad SMARTS) is 1. The molecule has 1 aromatic rings. The molecule has 2 rings (SSSR count). The molecule has 20 heavy (non-hydrogen) atoms. The highest BCUT2D eigenvalue weighted by atomic mass is 35.5. The molecular weight excluding hydrogens is 274 g/mol. The molecule has 1 aliphatic rings. The van der Waals surface area contributed by atoms with Crippen LogP contribution in [0.4, 0.5) is 5.69 Å². The number of carboxylic acids is 1. The Balaban J connectivity index is 1.93.